The zero-order valence-electron chi connectivity index (χ0n) is 13.7. The summed E-state index contributed by atoms with van der Waals surface area (Å²) in [5.74, 6) is -0.224. The lowest BCUT2D eigenvalue weighted by atomic mass is 10.2. The minimum Gasteiger partial charge on any atom is -0.503 e. The van der Waals surface area contributed by atoms with Crippen molar-refractivity contribution in [3.63, 3.8) is 0 Å². The van der Waals surface area contributed by atoms with E-state index < -0.39 is 6.10 Å². The molecule has 124 valence electrons. The van der Waals surface area contributed by atoms with Crippen LogP contribution in [0.25, 0.3) is 0 Å². The van der Waals surface area contributed by atoms with Crippen LogP contribution in [0, 0.1) is 6.92 Å². The van der Waals surface area contributed by atoms with Crippen molar-refractivity contribution in [3.8, 4) is 5.75 Å². The quantitative estimate of drug-likeness (QED) is 0.862. The van der Waals surface area contributed by atoms with E-state index in [9.17, 15) is 15.0 Å². The van der Waals surface area contributed by atoms with Crippen LogP contribution in [0.1, 0.15) is 32.2 Å². The van der Waals surface area contributed by atoms with Gasteiger partial charge in [-0.15, -0.1) is 0 Å². The molecule has 0 radical (unpaired) electrons. The number of nitrogens with zero attached hydrogens (tertiary/aromatic N) is 2. The fourth-order valence-electron chi connectivity index (χ4n) is 3.12. The first-order chi connectivity index (χ1) is 10.3. The van der Waals surface area contributed by atoms with Gasteiger partial charge in [0, 0.05) is 37.9 Å². The zero-order valence-corrected chi connectivity index (χ0v) is 13.7. The van der Waals surface area contributed by atoms with E-state index in [0.29, 0.717) is 18.8 Å². The summed E-state index contributed by atoms with van der Waals surface area (Å²) >= 11 is 0. The van der Waals surface area contributed by atoms with E-state index in [1.807, 2.05) is 25.3 Å². The van der Waals surface area contributed by atoms with Gasteiger partial charge in [0.25, 0.3) is 0 Å². The van der Waals surface area contributed by atoms with Crippen LogP contribution < -0.4 is 5.43 Å². The van der Waals surface area contributed by atoms with Gasteiger partial charge in [0.15, 0.2) is 5.75 Å². The lowest BCUT2D eigenvalue weighted by Gasteiger charge is -2.36. The summed E-state index contributed by atoms with van der Waals surface area (Å²) in [6.45, 7) is 9.86. The molecule has 22 heavy (non-hydrogen) atoms. The van der Waals surface area contributed by atoms with Crippen molar-refractivity contribution >= 4 is 0 Å². The van der Waals surface area contributed by atoms with Crippen LogP contribution in [-0.2, 0) is 17.8 Å². The van der Waals surface area contributed by atoms with E-state index in [4.69, 9.17) is 4.74 Å². The third kappa shape index (κ3) is 3.88. The summed E-state index contributed by atoms with van der Waals surface area (Å²) < 4.78 is 7.54. The van der Waals surface area contributed by atoms with E-state index >= 15 is 0 Å². The SMILES string of the molecule is Cc1cc(=O)c(O)c(CN2CC(C)OC(C)C2)n1CC(C)O. The maximum absolute atomic E-state index is 11.9. The first kappa shape index (κ1) is 17.0. The number of hydrogen-bond donors (Lipinski definition) is 2. The highest BCUT2D eigenvalue weighted by atomic mass is 16.5. The number of aryl methyl sites for hydroxylation is 1. The lowest BCUT2D eigenvalue weighted by Crippen LogP contribution is -2.45. The van der Waals surface area contributed by atoms with E-state index in [1.54, 1.807) is 6.92 Å². The molecule has 1 aromatic rings. The van der Waals surface area contributed by atoms with Gasteiger partial charge in [-0.05, 0) is 27.7 Å². The van der Waals surface area contributed by atoms with Crippen LogP contribution in [0.5, 0.6) is 5.75 Å². The standard InChI is InChI=1S/C16H26N2O4/c1-10-5-15(20)16(21)14(18(10)6-11(2)19)9-17-7-12(3)22-13(4)8-17/h5,11-13,19,21H,6-9H2,1-4H3. The van der Waals surface area contributed by atoms with Crippen LogP contribution in [0.3, 0.4) is 0 Å². The molecule has 0 bridgehead atoms. The molecule has 6 nitrogen and oxygen atoms in total. The molecular weight excluding hydrogens is 284 g/mol. The average molecular weight is 310 g/mol. The molecule has 2 rings (SSSR count). The van der Waals surface area contributed by atoms with E-state index in [2.05, 4.69) is 4.90 Å². The number of aromatic nitrogens is 1. The minimum absolute atomic E-state index is 0.118. The molecule has 2 heterocycles. The molecule has 0 spiro atoms. The predicted molar refractivity (Wildman–Crippen MR) is 84.1 cm³/mol. The zero-order chi connectivity index (χ0) is 16.4. The highest BCUT2D eigenvalue weighted by molar-refractivity contribution is 5.30. The first-order valence-electron chi connectivity index (χ1n) is 7.76. The Kier molecular flexibility index (Phi) is 5.26. The second-order valence-electron chi connectivity index (χ2n) is 6.36. The van der Waals surface area contributed by atoms with Gasteiger partial charge in [0.1, 0.15) is 0 Å². The average Bonchev–Trinajstić information content (AvgIpc) is 2.38. The normalized spacial score (nSPS) is 24.4. The highest BCUT2D eigenvalue weighted by Gasteiger charge is 2.25. The van der Waals surface area contributed by atoms with Crippen molar-refractivity contribution < 1.29 is 14.9 Å². The second kappa shape index (κ2) is 6.81. The Morgan fingerprint density at radius 2 is 1.95 bits per heavy atom. The molecule has 1 fully saturated rings. The topological polar surface area (TPSA) is 74.9 Å². The summed E-state index contributed by atoms with van der Waals surface area (Å²) in [5.41, 5.74) is 0.934. The van der Waals surface area contributed by atoms with Gasteiger partial charge in [-0.25, -0.2) is 0 Å². The molecule has 0 aliphatic carbocycles. The number of pyridine rings is 1. The molecular formula is C16H26N2O4. The molecule has 1 aromatic heterocycles. The van der Waals surface area contributed by atoms with Crippen molar-refractivity contribution in [1.29, 1.82) is 0 Å². The van der Waals surface area contributed by atoms with Crippen molar-refractivity contribution in [2.45, 2.75) is 59.1 Å². The Morgan fingerprint density at radius 1 is 1.36 bits per heavy atom. The predicted octanol–water partition coefficient (Wildman–Crippen LogP) is 0.852. The Labute approximate surface area is 130 Å². The van der Waals surface area contributed by atoms with Crippen LogP contribution in [0.4, 0.5) is 0 Å². The Morgan fingerprint density at radius 3 is 2.50 bits per heavy atom. The number of rotatable bonds is 4. The van der Waals surface area contributed by atoms with E-state index in [-0.39, 0.29) is 23.4 Å². The molecule has 3 unspecified atom stereocenters. The largest absolute Gasteiger partial charge is 0.503 e. The molecule has 3 atom stereocenters. The van der Waals surface area contributed by atoms with E-state index in [1.165, 1.54) is 6.07 Å². The molecule has 2 N–H and O–H groups in total. The fourth-order valence-corrected chi connectivity index (χ4v) is 3.12. The van der Waals surface area contributed by atoms with Crippen LogP contribution in [0.15, 0.2) is 10.9 Å². The summed E-state index contributed by atoms with van der Waals surface area (Å²) in [6, 6.07) is 1.41. The molecule has 1 aliphatic heterocycles. The maximum Gasteiger partial charge on any atom is 0.223 e. The molecule has 1 saturated heterocycles. The van der Waals surface area contributed by atoms with Gasteiger partial charge in [0.05, 0.1) is 24.0 Å². The van der Waals surface area contributed by atoms with Crippen molar-refractivity contribution in [2.24, 2.45) is 0 Å². The third-order valence-corrected chi connectivity index (χ3v) is 3.91. The summed E-state index contributed by atoms with van der Waals surface area (Å²) in [7, 11) is 0. The van der Waals surface area contributed by atoms with Gasteiger partial charge >= 0.3 is 0 Å². The minimum atomic E-state index is -0.554. The third-order valence-electron chi connectivity index (χ3n) is 3.91. The monoisotopic (exact) mass is 310 g/mol. The van der Waals surface area contributed by atoms with Crippen LogP contribution in [0.2, 0.25) is 0 Å². The molecule has 6 heteroatoms. The van der Waals surface area contributed by atoms with Crippen molar-refractivity contribution in [2.75, 3.05) is 13.1 Å². The molecule has 0 amide bonds. The Bertz CT molecular complexity index is 572. The molecule has 0 saturated carbocycles. The second-order valence-corrected chi connectivity index (χ2v) is 6.36. The summed E-state index contributed by atoms with van der Waals surface area (Å²) in [6.07, 6.45) is -0.317. The Balaban J connectivity index is 2.34. The van der Waals surface area contributed by atoms with Crippen LogP contribution in [-0.4, -0.2) is 51.1 Å². The number of aromatic hydroxyl groups is 1. The molecule has 0 aromatic carbocycles. The number of hydrogen-bond acceptors (Lipinski definition) is 5. The van der Waals surface area contributed by atoms with Gasteiger partial charge in [0.2, 0.25) is 5.43 Å². The van der Waals surface area contributed by atoms with Gasteiger partial charge in [-0.2, -0.15) is 0 Å². The number of morpholine rings is 1. The lowest BCUT2D eigenvalue weighted by molar-refractivity contribution is -0.0712. The number of aliphatic hydroxyl groups is 1. The van der Waals surface area contributed by atoms with Crippen molar-refractivity contribution in [3.05, 3.63) is 27.7 Å². The summed E-state index contributed by atoms with van der Waals surface area (Å²) in [5, 5.41) is 19.9. The van der Waals surface area contributed by atoms with E-state index in [0.717, 1.165) is 18.8 Å². The number of ether oxygens (including phenoxy) is 1. The maximum atomic E-state index is 11.9. The fraction of sp³-hybridized carbons (Fsp3) is 0.688. The van der Waals surface area contributed by atoms with Crippen LogP contribution >= 0.6 is 0 Å². The van der Waals surface area contributed by atoms with Gasteiger partial charge in [-0.3, -0.25) is 9.69 Å². The first-order valence-corrected chi connectivity index (χ1v) is 7.76. The van der Waals surface area contributed by atoms with Crippen molar-refractivity contribution in [1.82, 2.24) is 9.47 Å². The van der Waals surface area contributed by atoms with Gasteiger partial charge < -0.3 is 19.5 Å². The molecule has 1 aliphatic rings. The summed E-state index contributed by atoms with van der Waals surface area (Å²) in [4.78, 5) is 14.1. The number of aliphatic hydroxyl groups excluding tert-OH is 1. The van der Waals surface area contributed by atoms with Gasteiger partial charge in [-0.1, -0.05) is 0 Å². The Hall–Kier alpha value is -1.37. The highest BCUT2D eigenvalue weighted by Crippen LogP contribution is 2.20. The smallest absolute Gasteiger partial charge is 0.223 e.